The number of nitrogens with two attached hydrogens (primary N) is 1. The van der Waals surface area contributed by atoms with Crippen LogP contribution in [-0.4, -0.2) is 0 Å². The molecular formula is C14H12ClN3. The van der Waals surface area contributed by atoms with E-state index in [0.717, 1.165) is 11.3 Å². The predicted octanol–water partition coefficient (Wildman–Crippen LogP) is 3.41. The van der Waals surface area contributed by atoms with Crippen molar-refractivity contribution in [3.63, 3.8) is 0 Å². The van der Waals surface area contributed by atoms with Crippen LogP contribution in [0.3, 0.4) is 0 Å². The van der Waals surface area contributed by atoms with Crippen LogP contribution in [-0.2, 0) is 6.54 Å². The average molecular weight is 258 g/mol. The molecule has 0 aliphatic heterocycles. The van der Waals surface area contributed by atoms with E-state index in [0.29, 0.717) is 22.8 Å². The maximum Gasteiger partial charge on any atom is 0.0992 e. The average Bonchev–Trinajstić information content (AvgIpc) is 2.37. The lowest BCUT2D eigenvalue weighted by Crippen LogP contribution is -2.02. The van der Waals surface area contributed by atoms with E-state index in [1.54, 1.807) is 18.2 Å². The van der Waals surface area contributed by atoms with E-state index in [1.165, 1.54) is 0 Å². The van der Waals surface area contributed by atoms with Gasteiger partial charge in [0.25, 0.3) is 0 Å². The summed E-state index contributed by atoms with van der Waals surface area (Å²) in [7, 11) is 0. The minimum atomic E-state index is 0.556. The first kappa shape index (κ1) is 12.3. The number of halogens is 1. The molecule has 0 atom stereocenters. The minimum absolute atomic E-state index is 0.556. The van der Waals surface area contributed by atoms with Crippen molar-refractivity contribution in [3.8, 4) is 6.07 Å². The Hall–Kier alpha value is -2.18. The van der Waals surface area contributed by atoms with Crippen molar-refractivity contribution < 1.29 is 0 Å². The van der Waals surface area contributed by atoms with Crippen molar-refractivity contribution in [2.24, 2.45) is 0 Å². The first-order valence-electron chi connectivity index (χ1n) is 5.47. The highest BCUT2D eigenvalue weighted by Gasteiger charge is 2.01. The van der Waals surface area contributed by atoms with Crippen LogP contribution in [0.4, 0.5) is 11.4 Å². The Kier molecular flexibility index (Phi) is 3.71. The summed E-state index contributed by atoms with van der Waals surface area (Å²) in [4.78, 5) is 0. The van der Waals surface area contributed by atoms with E-state index < -0.39 is 0 Å². The molecule has 0 heterocycles. The molecule has 0 amide bonds. The van der Waals surface area contributed by atoms with E-state index in [-0.39, 0.29) is 0 Å². The van der Waals surface area contributed by atoms with Crippen molar-refractivity contribution in [1.82, 2.24) is 0 Å². The summed E-state index contributed by atoms with van der Waals surface area (Å²) in [6.45, 7) is 0.636. The second-order valence-electron chi connectivity index (χ2n) is 3.90. The molecule has 3 N–H and O–H groups in total. The van der Waals surface area contributed by atoms with Gasteiger partial charge in [0.05, 0.1) is 23.0 Å². The molecule has 18 heavy (non-hydrogen) atoms. The summed E-state index contributed by atoms with van der Waals surface area (Å²) >= 11 is 5.91. The highest BCUT2D eigenvalue weighted by atomic mass is 35.5. The van der Waals surface area contributed by atoms with Crippen LogP contribution in [0, 0.1) is 11.3 Å². The van der Waals surface area contributed by atoms with Crippen molar-refractivity contribution in [2.75, 3.05) is 11.1 Å². The molecule has 0 saturated carbocycles. The Bertz CT molecular complexity index is 602. The molecule has 3 nitrogen and oxygen atoms in total. The van der Waals surface area contributed by atoms with Gasteiger partial charge in [-0.2, -0.15) is 5.26 Å². The molecule has 90 valence electrons. The number of hydrogen-bond acceptors (Lipinski definition) is 3. The number of nitriles is 1. The number of hydrogen-bond donors (Lipinski definition) is 2. The Morgan fingerprint density at radius 2 is 2.06 bits per heavy atom. The maximum absolute atomic E-state index is 8.75. The van der Waals surface area contributed by atoms with Gasteiger partial charge in [-0.25, -0.2) is 0 Å². The molecule has 0 saturated heterocycles. The number of nitrogens with one attached hydrogen (secondary N) is 1. The molecule has 0 aliphatic rings. The smallest absolute Gasteiger partial charge is 0.0992 e. The highest BCUT2D eigenvalue weighted by molar-refractivity contribution is 6.30. The fourth-order valence-corrected chi connectivity index (χ4v) is 1.85. The lowest BCUT2D eigenvalue weighted by molar-refractivity contribution is 1.15. The lowest BCUT2D eigenvalue weighted by atomic mass is 10.1. The Morgan fingerprint density at radius 1 is 1.22 bits per heavy atom. The Labute approximate surface area is 111 Å². The van der Waals surface area contributed by atoms with Crippen molar-refractivity contribution in [1.29, 1.82) is 5.26 Å². The number of nitrogens with zero attached hydrogens (tertiary/aromatic N) is 1. The molecule has 0 aromatic heterocycles. The first-order valence-corrected chi connectivity index (χ1v) is 5.85. The van der Waals surface area contributed by atoms with Crippen LogP contribution in [0.5, 0.6) is 0 Å². The topological polar surface area (TPSA) is 61.8 Å². The van der Waals surface area contributed by atoms with Gasteiger partial charge in [-0.15, -0.1) is 0 Å². The predicted molar refractivity (Wildman–Crippen MR) is 74.3 cm³/mol. The molecule has 0 radical (unpaired) electrons. The quantitative estimate of drug-likeness (QED) is 0.829. The Balaban J connectivity index is 2.09. The summed E-state index contributed by atoms with van der Waals surface area (Å²) in [5, 5.41) is 12.7. The van der Waals surface area contributed by atoms with Gasteiger partial charge in [-0.05, 0) is 35.9 Å². The molecule has 0 fully saturated rings. The van der Waals surface area contributed by atoms with Crippen molar-refractivity contribution >= 4 is 23.0 Å². The van der Waals surface area contributed by atoms with Gasteiger partial charge >= 0.3 is 0 Å². The third-order valence-corrected chi connectivity index (χ3v) is 2.79. The zero-order chi connectivity index (χ0) is 13.0. The summed E-state index contributed by atoms with van der Waals surface area (Å²) in [5.74, 6) is 0. The summed E-state index contributed by atoms with van der Waals surface area (Å²) < 4.78 is 0. The van der Waals surface area contributed by atoms with Gasteiger partial charge < -0.3 is 11.1 Å². The number of anilines is 2. The van der Waals surface area contributed by atoms with Crippen LogP contribution in [0.2, 0.25) is 5.02 Å². The third-order valence-electron chi connectivity index (χ3n) is 2.55. The molecular weight excluding hydrogens is 246 g/mol. The van der Waals surface area contributed by atoms with Crippen LogP contribution >= 0.6 is 11.6 Å². The number of benzene rings is 2. The van der Waals surface area contributed by atoms with Gasteiger partial charge in [0.2, 0.25) is 0 Å². The third kappa shape index (κ3) is 2.93. The van der Waals surface area contributed by atoms with E-state index in [9.17, 15) is 0 Å². The zero-order valence-corrected chi connectivity index (χ0v) is 10.4. The fraction of sp³-hybridized carbons (Fsp3) is 0.0714. The monoisotopic (exact) mass is 257 g/mol. The zero-order valence-electron chi connectivity index (χ0n) is 9.65. The molecule has 4 heteroatoms. The second kappa shape index (κ2) is 5.44. The fourth-order valence-electron chi connectivity index (χ4n) is 1.64. The molecule has 2 rings (SSSR count). The first-order chi connectivity index (χ1) is 8.69. The molecule has 2 aromatic carbocycles. The number of rotatable bonds is 3. The second-order valence-corrected chi connectivity index (χ2v) is 4.33. The highest BCUT2D eigenvalue weighted by Crippen LogP contribution is 2.20. The van der Waals surface area contributed by atoms with Gasteiger partial charge in [-0.3, -0.25) is 0 Å². The summed E-state index contributed by atoms with van der Waals surface area (Å²) in [6.07, 6.45) is 0. The Morgan fingerprint density at radius 3 is 2.72 bits per heavy atom. The van der Waals surface area contributed by atoms with Crippen LogP contribution in [0.1, 0.15) is 11.1 Å². The number of nitrogen functional groups attached to an aromatic ring is 1. The maximum atomic E-state index is 8.75. The summed E-state index contributed by atoms with van der Waals surface area (Å²) in [6, 6.07) is 14.9. The van der Waals surface area contributed by atoms with Gasteiger partial charge in [0, 0.05) is 11.6 Å². The molecule has 0 unspecified atom stereocenters. The molecule has 2 aromatic rings. The van der Waals surface area contributed by atoms with Gasteiger partial charge in [0.1, 0.15) is 0 Å². The van der Waals surface area contributed by atoms with E-state index in [4.69, 9.17) is 22.6 Å². The van der Waals surface area contributed by atoms with Gasteiger partial charge in [-0.1, -0.05) is 23.7 Å². The summed E-state index contributed by atoms with van der Waals surface area (Å²) in [5.41, 5.74) is 8.86. The van der Waals surface area contributed by atoms with E-state index >= 15 is 0 Å². The molecule has 0 spiro atoms. The molecule has 0 aliphatic carbocycles. The standard InChI is InChI=1S/C14H12ClN3/c15-12-3-1-2-11(6-12)9-18-14-5-4-10(8-16)7-13(14)17/h1-7,18H,9,17H2. The van der Waals surface area contributed by atoms with Crippen molar-refractivity contribution in [2.45, 2.75) is 6.54 Å². The van der Waals surface area contributed by atoms with Crippen LogP contribution < -0.4 is 11.1 Å². The van der Waals surface area contributed by atoms with Crippen LogP contribution in [0.25, 0.3) is 0 Å². The SMILES string of the molecule is N#Cc1ccc(NCc2cccc(Cl)c2)c(N)c1. The normalized spacial score (nSPS) is 9.78. The lowest BCUT2D eigenvalue weighted by Gasteiger charge is -2.09. The van der Waals surface area contributed by atoms with Gasteiger partial charge in [0.15, 0.2) is 0 Å². The molecule has 0 bridgehead atoms. The largest absolute Gasteiger partial charge is 0.397 e. The van der Waals surface area contributed by atoms with Crippen LogP contribution in [0.15, 0.2) is 42.5 Å². The minimum Gasteiger partial charge on any atom is -0.397 e. The van der Waals surface area contributed by atoms with E-state index in [2.05, 4.69) is 11.4 Å². The van der Waals surface area contributed by atoms with E-state index in [1.807, 2.05) is 24.3 Å². The van der Waals surface area contributed by atoms with Crippen molar-refractivity contribution in [3.05, 3.63) is 58.6 Å².